The smallest absolute Gasteiger partial charge is 0.286 e. The summed E-state index contributed by atoms with van der Waals surface area (Å²) in [5.41, 5.74) is 5.72. The van der Waals surface area contributed by atoms with E-state index >= 15 is 0 Å². The third-order valence-electron chi connectivity index (χ3n) is 6.21. The van der Waals surface area contributed by atoms with Crippen molar-refractivity contribution in [2.24, 2.45) is 0 Å². The highest BCUT2D eigenvalue weighted by Gasteiger charge is 2.20. The summed E-state index contributed by atoms with van der Waals surface area (Å²) in [6, 6.07) is 31.4. The fourth-order valence-electron chi connectivity index (χ4n) is 4.67. The number of halogens is 1. The summed E-state index contributed by atoms with van der Waals surface area (Å²) >= 11 is 3.59. The molecule has 0 spiro atoms. The van der Waals surface area contributed by atoms with Crippen molar-refractivity contribution in [3.63, 3.8) is 0 Å². The maximum atomic E-state index is 14.0. The molecular formula is C28H16BrN5O. The molecule has 0 saturated heterocycles. The lowest BCUT2D eigenvalue weighted by Crippen LogP contribution is -2.24. The average Bonchev–Trinajstić information content (AvgIpc) is 3.30. The molecule has 0 fully saturated rings. The van der Waals surface area contributed by atoms with Gasteiger partial charge in [-0.25, -0.2) is 19.5 Å². The molecule has 7 rings (SSSR count). The number of para-hydroxylation sites is 3. The first-order valence-corrected chi connectivity index (χ1v) is 11.9. The van der Waals surface area contributed by atoms with Crippen molar-refractivity contribution >= 4 is 54.5 Å². The van der Waals surface area contributed by atoms with Gasteiger partial charge in [0.05, 0.1) is 33.3 Å². The monoisotopic (exact) mass is 517 g/mol. The zero-order valence-corrected chi connectivity index (χ0v) is 19.8. The largest absolute Gasteiger partial charge is 0.301 e. The molecule has 0 aliphatic rings. The SMILES string of the molecule is O=c1c2nc3ccccc3n2c2cc(Br)ccc2n1-c1nc(-c2ccccc2)c2ccccc2n1. The maximum Gasteiger partial charge on any atom is 0.301 e. The number of imidazole rings is 1. The van der Waals surface area contributed by atoms with Crippen molar-refractivity contribution in [2.75, 3.05) is 0 Å². The van der Waals surface area contributed by atoms with Crippen LogP contribution in [0.4, 0.5) is 0 Å². The lowest BCUT2D eigenvalue weighted by molar-refractivity contribution is 0.928. The van der Waals surface area contributed by atoms with E-state index in [0.29, 0.717) is 17.1 Å². The lowest BCUT2D eigenvalue weighted by atomic mass is 10.1. The van der Waals surface area contributed by atoms with E-state index in [-0.39, 0.29) is 5.56 Å². The van der Waals surface area contributed by atoms with Gasteiger partial charge < -0.3 is 0 Å². The van der Waals surface area contributed by atoms with Gasteiger partial charge in [0, 0.05) is 15.4 Å². The van der Waals surface area contributed by atoms with Gasteiger partial charge in [-0.2, -0.15) is 0 Å². The number of nitrogens with zero attached hydrogens (tertiary/aromatic N) is 5. The van der Waals surface area contributed by atoms with Crippen LogP contribution in [0.1, 0.15) is 0 Å². The van der Waals surface area contributed by atoms with Crippen LogP contribution in [0.5, 0.6) is 0 Å². The summed E-state index contributed by atoms with van der Waals surface area (Å²) in [6.45, 7) is 0. The van der Waals surface area contributed by atoms with Crippen molar-refractivity contribution in [1.29, 1.82) is 0 Å². The van der Waals surface area contributed by atoms with E-state index in [1.807, 2.05) is 101 Å². The second-order valence-corrected chi connectivity index (χ2v) is 9.20. The van der Waals surface area contributed by atoms with Gasteiger partial charge in [0.1, 0.15) is 0 Å². The first-order chi connectivity index (χ1) is 17.2. The molecule has 0 aliphatic heterocycles. The van der Waals surface area contributed by atoms with Crippen LogP contribution in [0.15, 0.2) is 106 Å². The molecule has 0 aliphatic carbocycles. The Kier molecular flexibility index (Phi) is 4.34. The highest BCUT2D eigenvalue weighted by Crippen LogP contribution is 2.29. The number of rotatable bonds is 2. The van der Waals surface area contributed by atoms with Gasteiger partial charge in [-0.3, -0.25) is 9.20 Å². The number of hydrogen-bond donors (Lipinski definition) is 0. The Morgan fingerprint density at radius 2 is 1.40 bits per heavy atom. The van der Waals surface area contributed by atoms with E-state index < -0.39 is 0 Å². The van der Waals surface area contributed by atoms with Crippen LogP contribution in [0, 0.1) is 0 Å². The van der Waals surface area contributed by atoms with Crippen LogP contribution in [0.3, 0.4) is 0 Å². The van der Waals surface area contributed by atoms with Crippen molar-refractivity contribution < 1.29 is 0 Å². The molecule has 35 heavy (non-hydrogen) atoms. The Bertz CT molecular complexity index is 1990. The standard InChI is InChI=1S/C28H16BrN5O/c29-18-14-15-23-24(16-18)33-22-13-7-6-12-21(22)30-26(33)27(35)34(23)28-31-20-11-5-4-10-19(20)25(32-28)17-8-2-1-3-9-17/h1-16H. The highest BCUT2D eigenvalue weighted by molar-refractivity contribution is 9.10. The van der Waals surface area contributed by atoms with Gasteiger partial charge in [0.2, 0.25) is 11.6 Å². The minimum atomic E-state index is -0.273. The van der Waals surface area contributed by atoms with E-state index in [9.17, 15) is 4.79 Å². The summed E-state index contributed by atoms with van der Waals surface area (Å²) in [5, 5.41) is 0.926. The molecule has 4 aromatic carbocycles. The second kappa shape index (κ2) is 7.58. The third kappa shape index (κ3) is 3.02. The summed E-state index contributed by atoms with van der Waals surface area (Å²) in [5.74, 6) is 0.314. The molecule has 0 atom stereocenters. The van der Waals surface area contributed by atoms with Crippen LogP contribution in [-0.2, 0) is 0 Å². The number of aromatic nitrogens is 5. The fourth-order valence-corrected chi connectivity index (χ4v) is 5.02. The molecule has 7 heteroatoms. The van der Waals surface area contributed by atoms with E-state index in [2.05, 4.69) is 20.9 Å². The molecular weight excluding hydrogens is 502 g/mol. The molecule has 3 heterocycles. The maximum absolute atomic E-state index is 14.0. The normalized spacial score (nSPS) is 11.7. The first-order valence-electron chi connectivity index (χ1n) is 11.1. The van der Waals surface area contributed by atoms with Crippen LogP contribution in [0.2, 0.25) is 0 Å². The summed E-state index contributed by atoms with van der Waals surface area (Å²) < 4.78 is 4.38. The molecule has 0 radical (unpaired) electrons. The fraction of sp³-hybridized carbons (Fsp3) is 0. The number of fused-ring (bicyclic) bond motifs is 6. The van der Waals surface area contributed by atoms with Crippen LogP contribution in [0.25, 0.3) is 55.8 Å². The molecule has 0 N–H and O–H groups in total. The van der Waals surface area contributed by atoms with Crippen molar-refractivity contribution in [3.05, 3.63) is 112 Å². The van der Waals surface area contributed by atoms with E-state index in [0.717, 1.165) is 43.2 Å². The number of benzene rings is 4. The quantitative estimate of drug-likeness (QED) is 0.275. The summed E-state index contributed by atoms with van der Waals surface area (Å²) in [4.78, 5) is 28.4. The van der Waals surface area contributed by atoms with Crippen LogP contribution < -0.4 is 5.56 Å². The Labute approximate surface area is 207 Å². The average molecular weight is 518 g/mol. The van der Waals surface area contributed by atoms with Crippen LogP contribution >= 0.6 is 15.9 Å². The third-order valence-corrected chi connectivity index (χ3v) is 6.71. The Balaban J connectivity index is 1.66. The van der Waals surface area contributed by atoms with E-state index in [4.69, 9.17) is 9.97 Å². The molecule has 0 unspecified atom stereocenters. The Morgan fingerprint density at radius 3 is 2.26 bits per heavy atom. The lowest BCUT2D eigenvalue weighted by Gasteiger charge is -2.14. The van der Waals surface area contributed by atoms with E-state index in [1.165, 1.54) is 0 Å². The molecule has 6 nitrogen and oxygen atoms in total. The molecule has 0 amide bonds. The first kappa shape index (κ1) is 20.1. The van der Waals surface area contributed by atoms with Crippen LogP contribution in [-0.4, -0.2) is 23.9 Å². The molecule has 0 saturated carbocycles. The van der Waals surface area contributed by atoms with Crippen molar-refractivity contribution in [1.82, 2.24) is 23.9 Å². The van der Waals surface area contributed by atoms with Gasteiger partial charge >= 0.3 is 5.56 Å². The molecule has 7 aromatic rings. The minimum absolute atomic E-state index is 0.273. The second-order valence-electron chi connectivity index (χ2n) is 8.29. The Morgan fingerprint density at radius 1 is 0.657 bits per heavy atom. The van der Waals surface area contributed by atoms with E-state index in [1.54, 1.807) is 4.57 Å². The van der Waals surface area contributed by atoms with Gasteiger partial charge in [-0.05, 0) is 36.4 Å². The van der Waals surface area contributed by atoms with Gasteiger partial charge in [-0.1, -0.05) is 76.6 Å². The summed E-state index contributed by atoms with van der Waals surface area (Å²) in [7, 11) is 0. The van der Waals surface area contributed by atoms with Gasteiger partial charge in [-0.15, -0.1) is 0 Å². The van der Waals surface area contributed by atoms with Crippen molar-refractivity contribution in [2.45, 2.75) is 0 Å². The van der Waals surface area contributed by atoms with Gasteiger partial charge in [0.15, 0.2) is 0 Å². The molecule has 166 valence electrons. The number of hydrogen-bond acceptors (Lipinski definition) is 4. The van der Waals surface area contributed by atoms with Gasteiger partial charge in [0.25, 0.3) is 0 Å². The van der Waals surface area contributed by atoms with Crippen molar-refractivity contribution in [3.8, 4) is 17.2 Å². The Hall–Kier alpha value is -4.36. The topological polar surface area (TPSA) is 65.1 Å². The molecule has 3 aromatic heterocycles. The zero-order valence-electron chi connectivity index (χ0n) is 18.3. The predicted octanol–water partition coefficient (Wildman–Crippen LogP) is 6.16. The minimum Gasteiger partial charge on any atom is -0.286 e. The summed E-state index contributed by atoms with van der Waals surface area (Å²) in [6.07, 6.45) is 0. The highest BCUT2D eigenvalue weighted by atomic mass is 79.9. The molecule has 0 bridgehead atoms. The predicted molar refractivity (Wildman–Crippen MR) is 142 cm³/mol. The zero-order chi connectivity index (χ0) is 23.5.